The molecule has 0 aliphatic heterocycles. The van der Waals surface area contributed by atoms with E-state index in [1.54, 1.807) is 13.8 Å². The van der Waals surface area contributed by atoms with Crippen molar-refractivity contribution in [2.45, 2.75) is 25.9 Å². The number of halogens is 2. The van der Waals surface area contributed by atoms with Gasteiger partial charge >= 0.3 is 0 Å². The van der Waals surface area contributed by atoms with Crippen LogP contribution in [0.4, 0.5) is 8.78 Å². The van der Waals surface area contributed by atoms with Gasteiger partial charge in [0.05, 0.1) is 12.6 Å². The second-order valence-corrected chi connectivity index (χ2v) is 3.99. The van der Waals surface area contributed by atoms with Gasteiger partial charge < -0.3 is 10.4 Å². The highest BCUT2D eigenvalue weighted by Gasteiger charge is 2.18. The Balaban J connectivity index is 2.81. The third-order valence-corrected chi connectivity index (χ3v) is 2.35. The Morgan fingerprint density at radius 3 is 2.29 bits per heavy atom. The zero-order chi connectivity index (χ0) is 13.0. The van der Waals surface area contributed by atoms with Gasteiger partial charge in [0.1, 0.15) is 11.6 Å². The van der Waals surface area contributed by atoms with Crippen molar-refractivity contribution >= 4 is 5.78 Å². The Bertz CT molecular complexity index is 389. The standard InChI is InChI=1S/C12H15F2NO2/c1-7(6-16)15-8(2)12(17)9-3-10(13)5-11(14)4-9/h3-5,7-8,15-16H,6H2,1-2H3/t7-,8+/m0/s1. The first-order valence-corrected chi connectivity index (χ1v) is 5.31. The van der Waals surface area contributed by atoms with Crippen LogP contribution in [-0.2, 0) is 0 Å². The van der Waals surface area contributed by atoms with Crippen LogP contribution in [0.2, 0.25) is 0 Å². The SMILES string of the molecule is C[C@@H](CO)N[C@H](C)C(=O)c1cc(F)cc(F)c1. The Kier molecular flexibility index (Phi) is 4.72. The van der Waals surface area contributed by atoms with E-state index in [1.807, 2.05) is 0 Å². The maximum absolute atomic E-state index is 12.9. The maximum Gasteiger partial charge on any atom is 0.179 e. The van der Waals surface area contributed by atoms with E-state index >= 15 is 0 Å². The molecule has 0 spiro atoms. The highest BCUT2D eigenvalue weighted by Crippen LogP contribution is 2.10. The lowest BCUT2D eigenvalue weighted by atomic mass is 10.0. The molecule has 17 heavy (non-hydrogen) atoms. The minimum Gasteiger partial charge on any atom is -0.395 e. The Morgan fingerprint density at radius 1 is 1.29 bits per heavy atom. The van der Waals surface area contributed by atoms with Crippen molar-refractivity contribution in [2.75, 3.05) is 6.61 Å². The van der Waals surface area contributed by atoms with E-state index in [1.165, 1.54) is 0 Å². The second kappa shape index (κ2) is 5.84. The molecule has 0 aliphatic carbocycles. The van der Waals surface area contributed by atoms with Crippen LogP contribution in [-0.4, -0.2) is 29.6 Å². The molecular weight excluding hydrogens is 228 g/mol. The first kappa shape index (κ1) is 13.7. The summed E-state index contributed by atoms with van der Waals surface area (Å²) in [6.45, 7) is 3.17. The second-order valence-electron chi connectivity index (χ2n) is 3.99. The molecule has 0 saturated heterocycles. The first-order valence-electron chi connectivity index (χ1n) is 5.31. The summed E-state index contributed by atoms with van der Waals surface area (Å²) in [6, 6.07) is 1.83. The third-order valence-electron chi connectivity index (χ3n) is 2.35. The number of hydrogen-bond donors (Lipinski definition) is 2. The molecule has 0 amide bonds. The number of Topliss-reactive ketones (excluding diaryl/α,β-unsaturated/α-hetero) is 1. The maximum atomic E-state index is 12.9. The van der Waals surface area contributed by atoms with E-state index in [4.69, 9.17) is 5.11 Å². The summed E-state index contributed by atoms with van der Waals surface area (Å²) < 4.78 is 25.9. The van der Waals surface area contributed by atoms with Crippen LogP contribution in [0.3, 0.4) is 0 Å². The molecule has 0 bridgehead atoms. The summed E-state index contributed by atoms with van der Waals surface area (Å²) >= 11 is 0. The van der Waals surface area contributed by atoms with E-state index in [9.17, 15) is 13.6 Å². The molecule has 94 valence electrons. The van der Waals surface area contributed by atoms with Crippen molar-refractivity contribution in [1.82, 2.24) is 5.32 Å². The summed E-state index contributed by atoms with van der Waals surface area (Å²) in [5, 5.41) is 11.7. The first-order chi connectivity index (χ1) is 7.93. The smallest absolute Gasteiger partial charge is 0.179 e. The third kappa shape index (κ3) is 3.87. The summed E-state index contributed by atoms with van der Waals surface area (Å²) in [5.41, 5.74) is -0.0207. The van der Waals surface area contributed by atoms with Gasteiger partial charge in [-0.15, -0.1) is 0 Å². The topological polar surface area (TPSA) is 49.3 Å². The van der Waals surface area contributed by atoms with E-state index in [2.05, 4.69) is 5.32 Å². The fourth-order valence-corrected chi connectivity index (χ4v) is 1.50. The Labute approximate surface area is 98.5 Å². The number of benzene rings is 1. The molecule has 1 aromatic rings. The lowest BCUT2D eigenvalue weighted by Gasteiger charge is -2.17. The van der Waals surface area contributed by atoms with Gasteiger partial charge in [-0.05, 0) is 26.0 Å². The van der Waals surface area contributed by atoms with Gasteiger partial charge in [0.25, 0.3) is 0 Å². The summed E-state index contributed by atoms with van der Waals surface area (Å²) in [6.07, 6.45) is 0. The monoisotopic (exact) mass is 243 g/mol. The number of aliphatic hydroxyl groups excluding tert-OH is 1. The van der Waals surface area contributed by atoms with E-state index in [0.717, 1.165) is 12.1 Å². The van der Waals surface area contributed by atoms with Crippen molar-refractivity contribution < 1.29 is 18.7 Å². The Morgan fingerprint density at radius 2 is 1.82 bits per heavy atom. The molecule has 0 unspecified atom stereocenters. The zero-order valence-corrected chi connectivity index (χ0v) is 9.71. The van der Waals surface area contributed by atoms with Crippen LogP contribution in [0.1, 0.15) is 24.2 Å². The van der Waals surface area contributed by atoms with Crippen LogP contribution in [0.25, 0.3) is 0 Å². The van der Waals surface area contributed by atoms with Gasteiger partial charge in [0.2, 0.25) is 0 Å². The van der Waals surface area contributed by atoms with Crippen molar-refractivity contribution in [3.8, 4) is 0 Å². The number of aliphatic hydroxyl groups is 1. The molecule has 1 rings (SSSR count). The minimum atomic E-state index is -0.782. The average molecular weight is 243 g/mol. The molecule has 0 radical (unpaired) electrons. The van der Waals surface area contributed by atoms with Gasteiger partial charge in [-0.3, -0.25) is 4.79 Å². The van der Waals surface area contributed by atoms with Gasteiger partial charge in [-0.2, -0.15) is 0 Å². The fourth-order valence-electron chi connectivity index (χ4n) is 1.50. The van der Waals surface area contributed by atoms with Crippen LogP contribution in [0.5, 0.6) is 0 Å². The number of nitrogens with one attached hydrogen (secondary N) is 1. The fraction of sp³-hybridized carbons (Fsp3) is 0.417. The number of carbonyl (C=O) groups is 1. The summed E-state index contributed by atoms with van der Waals surface area (Å²) in [4.78, 5) is 11.8. The average Bonchev–Trinajstić information content (AvgIpc) is 2.26. The van der Waals surface area contributed by atoms with E-state index in [-0.39, 0.29) is 18.2 Å². The van der Waals surface area contributed by atoms with Gasteiger partial charge in [-0.25, -0.2) is 8.78 Å². The number of hydrogen-bond acceptors (Lipinski definition) is 3. The molecule has 0 aliphatic rings. The molecule has 5 heteroatoms. The molecule has 0 heterocycles. The molecule has 1 aromatic carbocycles. The molecule has 0 saturated carbocycles. The highest BCUT2D eigenvalue weighted by atomic mass is 19.1. The van der Waals surface area contributed by atoms with Gasteiger partial charge in [0, 0.05) is 17.7 Å². The predicted octanol–water partition coefficient (Wildman–Crippen LogP) is 1.51. The molecule has 0 fully saturated rings. The zero-order valence-electron chi connectivity index (χ0n) is 9.71. The van der Waals surface area contributed by atoms with Crippen molar-refractivity contribution in [3.05, 3.63) is 35.4 Å². The molecular formula is C12H15F2NO2. The number of rotatable bonds is 5. The number of carbonyl (C=O) groups excluding carboxylic acids is 1. The van der Waals surface area contributed by atoms with Crippen molar-refractivity contribution in [2.24, 2.45) is 0 Å². The van der Waals surface area contributed by atoms with Crippen LogP contribution >= 0.6 is 0 Å². The van der Waals surface area contributed by atoms with Crippen molar-refractivity contribution in [3.63, 3.8) is 0 Å². The normalized spacial score (nSPS) is 14.4. The highest BCUT2D eigenvalue weighted by molar-refractivity contribution is 5.99. The van der Waals surface area contributed by atoms with Crippen LogP contribution in [0.15, 0.2) is 18.2 Å². The van der Waals surface area contributed by atoms with E-state index < -0.39 is 23.5 Å². The molecule has 3 nitrogen and oxygen atoms in total. The molecule has 2 N–H and O–H groups in total. The lowest BCUT2D eigenvalue weighted by Crippen LogP contribution is -2.41. The minimum absolute atomic E-state index is 0.0207. The van der Waals surface area contributed by atoms with Crippen LogP contribution < -0.4 is 5.32 Å². The quantitative estimate of drug-likeness (QED) is 0.771. The van der Waals surface area contributed by atoms with Gasteiger partial charge in [-0.1, -0.05) is 0 Å². The molecule has 2 atom stereocenters. The lowest BCUT2D eigenvalue weighted by molar-refractivity contribution is 0.0938. The molecule has 0 aromatic heterocycles. The van der Waals surface area contributed by atoms with Crippen LogP contribution in [0, 0.1) is 11.6 Å². The Hall–Kier alpha value is -1.33. The van der Waals surface area contributed by atoms with Crippen molar-refractivity contribution in [1.29, 1.82) is 0 Å². The largest absolute Gasteiger partial charge is 0.395 e. The van der Waals surface area contributed by atoms with Gasteiger partial charge in [0.15, 0.2) is 5.78 Å². The van der Waals surface area contributed by atoms with E-state index in [0.29, 0.717) is 6.07 Å². The summed E-state index contributed by atoms with van der Waals surface area (Å²) in [5.74, 6) is -1.98. The number of ketones is 1. The predicted molar refractivity (Wildman–Crippen MR) is 59.8 cm³/mol. The summed E-state index contributed by atoms with van der Waals surface area (Å²) in [7, 11) is 0.